The second-order valence-corrected chi connectivity index (χ2v) is 6.14. The van der Waals surface area contributed by atoms with Gasteiger partial charge in [-0.25, -0.2) is 0 Å². The second-order valence-electron chi connectivity index (χ2n) is 4.26. The van der Waals surface area contributed by atoms with Crippen LogP contribution >= 0.6 is 27.5 Å². The van der Waals surface area contributed by atoms with Gasteiger partial charge in [-0.3, -0.25) is 15.1 Å². The van der Waals surface area contributed by atoms with Gasteiger partial charge >= 0.3 is 0 Å². The van der Waals surface area contributed by atoms with Crippen molar-refractivity contribution < 1.29 is 4.92 Å². The average Bonchev–Trinajstić information content (AvgIpc) is 2.19. The maximum atomic E-state index is 11.0. The summed E-state index contributed by atoms with van der Waals surface area (Å²) in [6, 6.07) is 1.36. The van der Waals surface area contributed by atoms with Crippen LogP contribution in [0.2, 0.25) is 5.02 Å². The number of hydrogen-bond donors (Lipinski definition) is 0. The van der Waals surface area contributed by atoms with Crippen LogP contribution in [0.1, 0.15) is 32.4 Å². The highest BCUT2D eigenvalue weighted by atomic mass is 79.9. The zero-order valence-corrected chi connectivity index (χ0v) is 12.2. The highest BCUT2D eigenvalue weighted by Gasteiger charge is 2.29. The van der Waals surface area contributed by atoms with Crippen molar-refractivity contribution in [2.24, 2.45) is 5.92 Å². The molecule has 0 aliphatic heterocycles. The summed E-state index contributed by atoms with van der Waals surface area (Å²) in [5.41, 5.74) is 0.473. The predicted molar refractivity (Wildman–Crippen MR) is 71.9 cm³/mol. The van der Waals surface area contributed by atoms with Gasteiger partial charge in [-0.1, -0.05) is 48.3 Å². The minimum Gasteiger partial charge on any atom is -0.258 e. The fraction of sp³-hybridized carbons (Fsp3) is 0.545. The lowest BCUT2D eigenvalue weighted by Crippen LogP contribution is -2.18. The molecular formula is C11H14BrClN2O2. The molecule has 17 heavy (non-hydrogen) atoms. The Morgan fingerprint density at radius 1 is 1.47 bits per heavy atom. The second kappa shape index (κ2) is 5.78. The van der Waals surface area contributed by atoms with Crippen molar-refractivity contribution in [2.45, 2.75) is 31.5 Å². The fourth-order valence-corrected chi connectivity index (χ4v) is 2.92. The molecule has 0 amide bonds. The van der Waals surface area contributed by atoms with Crippen LogP contribution in [-0.4, -0.2) is 14.7 Å². The molecule has 2 unspecified atom stereocenters. The molecule has 0 fully saturated rings. The van der Waals surface area contributed by atoms with E-state index in [1.165, 1.54) is 12.3 Å². The first kappa shape index (κ1) is 14.4. The quantitative estimate of drug-likeness (QED) is 0.475. The van der Waals surface area contributed by atoms with Gasteiger partial charge < -0.3 is 0 Å². The Morgan fingerprint density at radius 3 is 2.47 bits per heavy atom. The summed E-state index contributed by atoms with van der Waals surface area (Å²) in [5, 5.41) is 11.3. The van der Waals surface area contributed by atoms with Gasteiger partial charge in [0.1, 0.15) is 5.69 Å². The van der Waals surface area contributed by atoms with Crippen LogP contribution in [0.3, 0.4) is 0 Å². The summed E-state index contributed by atoms with van der Waals surface area (Å²) in [6.45, 7) is 6.00. The molecule has 0 spiro atoms. The van der Waals surface area contributed by atoms with Crippen molar-refractivity contribution in [3.05, 3.63) is 33.1 Å². The molecule has 0 saturated heterocycles. The van der Waals surface area contributed by atoms with Gasteiger partial charge in [0.25, 0.3) is 5.69 Å². The molecule has 1 aromatic rings. The molecular weight excluding hydrogens is 307 g/mol. The maximum Gasteiger partial charge on any atom is 0.292 e. The maximum absolute atomic E-state index is 11.0. The SMILES string of the molecule is CC(C)C(c1ncc(Cl)cc1[N+](=O)[O-])C(C)Br. The van der Waals surface area contributed by atoms with Gasteiger partial charge in [0.05, 0.1) is 9.95 Å². The molecule has 1 aromatic heterocycles. The summed E-state index contributed by atoms with van der Waals surface area (Å²) >= 11 is 9.23. The third kappa shape index (κ3) is 3.39. The molecule has 2 atom stereocenters. The topological polar surface area (TPSA) is 56.0 Å². The molecule has 1 heterocycles. The number of alkyl halides is 1. The standard InChI is InChI=1S/C11H14BrClN2O2/c1-6(2)10(7(3)12)11-9(15(16)17)4-8(13)5-14-11/h4-7,10H,1-3H3. The molecule has 0 bridgehead atoms. The van der Waals surface area contributed by atoms with Crippen molar-refractivity contribution in [3.63, 3.8) is 0 Å². The van der Waals surface area contributed by atoms with Gasteiger partial charge in [-0.2, -0.15) is 0 Å². The van der Waals surface area contributed by atoms with Crippen molar-refractivity contribution in [1.29, 1.82) is 0 Å². The first-order valence-electron chi connectivity index (χ1n) is 5.28. The summed E-state index contributed by atoms with van der Waals surface area (Å²) in [6.07, 6.45) is 1.45. The van der Waals surface area contributed by atoms with Gasteiger partial charge in [0, 0.05) is 23.0 Å². The van der Waals surface area contributed by atoms with E-state index in [9.17, 15) is 10.1 Å². The van der Waals surface area contributed by atoms with Gasteiger partial charge in [0.15, 0.2) is 0 Å². The van der Waals surface area contributed by atoms with E-state index in [1.807, 2.05) is 20.8 Å². The van der Waals surface area contributed by atoms with Crippen LogP contribution in [0.25, 0.3) is 0 Å². The van der Waals surface area contributed by atoms with Crippen LogP contribution in [0, 0.1) is 16.0 Å². The summed E-state index contributed by atoms with van der Waals surface area (Å²) < 4.78 is 0. The van der Waals surface area contributed by atoms with E-state index in [2.05, 4.69) is 20.9 Å². The third-order valence-electron chi connectivity index (χ3n) is 2.59. The minimum atomic E-state index is -0.432. The lowest BCUT2D eigenvalue weighted by Gasteiger charge is -2.22. The molecule has 0 aromatic carbocycles. The number of aromatic nitrogens is 1. The number of hydrogen-bond acceptors (Lipinski definition) is 3. The average molecular weight is 322 g/mol. The smallest absolute Gasteiger partial charge is 0.258 e. The van der Waals surface area contributed by atoms with Crippen molar-refractivity contribution in [1.82, 2.24) is 4.98 Å². The normalized spacial score (nSPS) is 14.7. The van der Waals surface area contributed by atoms with E-state index in [0.717, 1.165) is 0 Å². The zero-order valence-electron chi connectivity index (χ0n) is 9.85. The summed E-state index contributed by atoms with van der Waals surface area (Å²) in [7, 11) is 0. The lowest BCUT2D eigenvalue weighted by atomic mass is 9.89. The van der Waals surface area contributed by atoms with E-state index in [1.54, 1.807) is 0 Å². The van der Waals surface area contributed by atoms with Crippen molar-refractivity contribution in [2.75, 3.05) is 0 Å². The van der Waals surface area contributed by atoms with Crippen LogP contribution in [0.15, 0.2) is 12.3 Å². The Balaban J connectivity index is 3.32. The summed E-state index contributed by atoms with van der Waals surface area (Å²) in [5.74, 6) is 0.226. The van der Waals surface area contributed by atoms with Crippen LogP contribution in [-0.2, 0) is 0 Å². The van der Waals surface area contributed by atoms with Crippen LogP contribution < -0.4 is 0 Å². The van der Waals surface area contributed by atoms with Gasteiger partial charge in [-0.05, 0) is 5.92 Å². The van der Waals surface area contributed by atoms with E-state index >= 15 is 0 Å². The molecule has 0 saturated carbocycles. The number of nitrogens with zero attached hydrogens (tertiary/aromatic N) is 2. The van der Waals surface area contributed by atoms with Gasteiger partial charge in [0.2, 0.25) is 0 Å². The van der Waals surface area contributed by atoms with E-state index in [0.29, 0.717) is 5.69 Å². The Bertz CT molecular complexity index is 416. The zero-order chi connectivity index (χ0) is 13.2. The molecule has 0 N–H and O–H groups in total. The van der Waals surface area contributed by atoms with Crippen LogP contribution in [0.4, 0.5) is 5.69 Å². The third-order valence-corrected chi connectivity index (χ3v) is 3.37. The Hall–Kier alpha value is -0.680. The largest absolute Gasteiger partial charge is 0.292 e. The molecule has 0 radical (unpaired) electrons. The molecule has 6 heteroatoms. The van der Waals surface area contributed by atoms with E-state index in [-0.39, 0.29) is 27.4 Å². The molecule has 4 nitrogen and oxygen atoms in total. The number of nitro groups is 1. The number of halogens is 2. The fourth-order valence-electron chi connectivity index (χ4n) is 1.91. The van der Waals surface area contributed by atoms with Crippen molar-refractivity contribution in [3.8, 4) is 0 Å². The highest BCUT2D eigenvalue weighted by molar-refractivity contribution is 9.09. The highest BCUT2D eigenvalue weighted by Crippen LogP contribution is 2.36. The van der Waals surface area contributed by atoms with Gasteiger partial charge in [-0.15, -0.1) is 0 Å². The number of rotatable bonds is 4. The molecule has 1 rings (SSSR count). The number of pyridine rings is 1. The minimum absolute atomic E-state index is 0.0116. The van der Waals surface area contributed by atoms with E-state index < -0.39 is 4.92 Å². The molecule has 0 aliphatic rings. The van der Waals surface area contributed by atoms with E-state index in [4.69, 9.17) is 11.6 Å². The monoisotopic (exact) mass is 320 g/mol. The van der Waals surface area contributed by atoms with Crippen LogP contribution in [0.5, 0.6) is 0 Å². The van der Waals surface area contributed by atoms with Crippen molar-refractivity contribution >= 4 is 33.2 Å². The Kier molecular flexibility index (Phi) is 4.89. The predicted octanol–water partition coefficient (Wildman–Crippen LogP) is 4.17. The lowest BCUT2D eigenvalue weighted by molar-refractivity contribution is -0.386. The first-order valence-corrected chi connectivity index (χ1v) is 6.57. The molecule has 0 aliphatic carbocycles. The summed E-state index contributed by atoms with van der Waals surface area (Å²) in [4.78, 5) is 14.8. The molecule has 94 valence electrons. The Morgan fingerprint density at radius 2 is 2.06 bits per heavy atom. The first-order chi connectivity index (χ1) is 7.84. The Labute approximate surface area is 114 Å².